The maximum atomic E-state index is 12.2. The number of nitrogens with zero attached hydrogens (tertiary/aromatic N) is 2. The van der Waals surface area contributed by atoms with Gasteiger partial charge in [0, 0.05) is 0 Å². The molecule has 0 atom stereocenters. The third-order valence-corrected chi connectivity index (χ3v) is 2.50. The number of nitrogens with one attached hydrogen (secondary N) is 1. The monoisotopic (exact) mass is 289 g/mol. The lowest BCUT2D eigenvalue weighted by molar-refractivity contribution is -0.274. The van der Waals surface area contributed by atoms with Crippen molar-refractivity contribution in [3.8, 4) is 11.9 Å². The van der Waals surface area contributed by atoms with Crippen LogP contribution in [-0.2, 0) is 0 Å². The minimum absolute atomic E-state index is 0.00410. The highest BCUT2D eigenvalue weighted by molar-refractivity contribution is 8.13. The van der Waals surface area contributed by atoms with Gasteiger partial charge in [0.15, 0.2) is 17.1 Å². The van der Waals surface area contributed by atoms with E-state index in [0.29, 0.717) is 0 Å². The van der Waals surface area contributed by atoms with E-state index in [9.17, 15) is 13.2 Å². The molecule has 0 aliphatic carbocycles. The van der Waals surface area contributed by atoms with Crippen LogP contribution in [0.15, 0.2) is 23.2 Å². The Morgan fingerprint density at radius 2 is 2.16 bits per heavy atom. The quantitative estimate of drug-likeness (QED) is 0.393. The molecule has 1 rings (SSSR count). The zero-order valence-corrected chi connectivity index (χ0v) is 10.9. The van der Waals surface area contributed by atoms with Gasteiger partial charge >= 0.3 is 6.36 Å². The molecule has 0 radical (unpaired) electrons. The number of hydrogen-bond acceptors (Lipinski definition) is 4. The molecule has 0 saturated carbocycles. The van der Waals surface area contributed by atoms with Crippen molar-refractivity contribution in [2.45, 2.75) is 13.3 Å². The van der Waals surface area contributed by atoms with Crippen LogP contribution in [0.2, 0.25) is 0 Å². The Balaban J connectivity index is 3.17. The predicted octanol–water partition coefficient (Wildman–Crippen LogP) is 3.31. The summed E-state index contributed by atoms with van der Waals surface area (Å²) >= 11 is 1.10. The summed E-state index contributed by atoms with van der Waals surface area (Å²) in [6, 6.07) is 4.11. The lowest BCUT2D eigenvalue weighted by Crippen LogP contribution is -2.17. The molecule has 1 aromatic rings. The van der Waals surface area contributed by atoms with Gasteiger partial charge in [-0.25, -0.2) is 4.99 Å². The Morgan fingerprint density at radius 1 is 1.47 bits per heavy atom. The molecule has 0 aliphatic heterocycles. The number of alkyl halides is 3. The maximum absolute atomic E-state index is 12.2. The zero-order valence-electron chi connectivity index (χ0n) is 10.1. The molecule has 0 saturated heterocycles. The summed E-state index contributed by atoms with van der Waals surface area (Å²) in [5.41, 5.74) is 0.732. The molecule has 0 amide bonds. The molecular formula is C11H10F3N3OS. The summed E-state index contributed by atoms with van der Waals surface area (Å²) in [7, 11) is 0. The number of nitriles is 1. The standard InChI is InChI=1S/C11H10F3N3OS/c1-7-3-4-9(18-11(12,13)14)8(5-7)17-10(19-2)16-6-15/h3-5H,1-2H3,(H,16,17). The van der Waals surface area contributed by atoms with Crippen LogP contribution in [0.3, 0.4) is 0 Å². The van der Waals surface area contributed by atoms with Crippen LogP contribution in [0.4, 0.5) is 18.9 Å². The van der Waals surface area contributed by atoms with Gasteiger partial charge in [0.2, 0.25) is 0 Å². The first-order chi connectivity index (χ1) is 8.85. The zero-order chi connectivity index (χ0) is 14.5. The van der Waals surface area contributed by atoms with Crippen LogP contribution < -0.4 is 10.1 Å². The van der Waals surface area contributed by atoms with Gasteiger partial charge in [-0.3, -0.25) is 5.32 Å². The molecule has 0 heterocycles. The van der Waals surface area contributed by atoms with Crippen molar-refractivity contribution in [3.63, 3.8) is 0 Å². The molecule has 1 aromatic carbocycles. The van der Waals surface area contributed by atoms with E-state index in [2.05, 4.69) is 15.0 Å². The molecule has 4 nitrogen and oxygen atoms in total. The van der Waals surface area contributed by atoms with E-state index in [1.165, 1.54) is 18.2 Å². The highest BCUT2D eigenvalue weighted by Gasteiger charge is 2.32. The summed E-state index contributed by atoms with van der Waals surface area (Å²) in [6.45, 7) is 1.72. The van der Waals surface area contributed by atoms with Crippen molar-refractivity contribution in [2.24, 2.45) is 4.99 Å². The normalized spacial score (nSPS) is 11.9. The molecule has 0 fully saturated rings. The number of amidine groups is 1. The van der Waals surface area contributed by atoms with E-state index < -0.39 is 12.1 Å². The van der Waals surface area contributed by atoms with Gasteiger partial charge < -0.3 is 4.74 Å². The average molecular weight is 289 g/mol. The van der Waals surface area contributed by atoms with Gasteiger partial charge in [0.1, 0.15) is 5.69 Å². The van der Waals surface area contributed by atoms with Crippen molar-refractivity contribution in [1.29, 1.82) is 5.26 Å². The smallest absolute Gasteiger partial charge is 0.403 e. The van der Waals surface area contributed by atoms with Crippen molar-refractivity contribution in [1.82, 2.24) is 5.32 Å². The molecule has 8 heteroatoms. The highest BCUT2D eigenvalue weighted by atomic mass is 32.2. The van der Waals surface area contributed by atoms with Crippen LogP contribution in [0.5, 0.6) is 5.75 Å². The first-order valence-electron chi connectivity index (χ1n) is 5.00. The van der Waals surface area contributed by atoms with E-state index >= 15 is 0 Å². The Kier molecular flexibility index (Phi) is 5.06. The number of rotatable bonds is 2. The molecule has 0 aliphatic rings. The van der Waals surface area contributed by atoms with E-state index in [1.54, 1.807) is 19.4 Å². The van der Waals surface area contributed by atoms with Crippen LogP contribution in [0, 0.1) is 18.4 Å². The third-order valence-electron chi connectivity index (χ3n) is 1.92. The van der Waals surface area contributed by atoms with E-state index in [4.69, 9.17) is 5.26 Å². The van der Waals surface area contributed by atoms with Gasteiger partial charge in [0.25, 0.3) is 0 Å². The van der Waals surface area contributed by atoms with Crippen LogP contribution in [-0.4, -0.2) is 17.8 Å². The van der Waals surface area contributed by atoms with Gasteiger partial charge in [-0.1, -0.05) is 17.8 Å². The number of hydrogen-bond donors (Lipinski definition) is 1. The van der Waals surface area contributed by atoms with Gasteiger partial charge in [-0.05, 0) is 30.9 Å². The van der Waals surface area contributed by atoms with E-state index in [-0.39, 0.29) is 10.9 Å². The molecule has 102 valence electrons. The first-order valence-corrected chi connectivity index (χ1v) is 6.22. The fourth-order valence-electron chi connectivity index (χ4n) is 1.21. The molecular weight excluding hydrogens is 279 g/mol. The topological polar surface area (TPSA) is 57.4 Å². The lowest BCUT2D eigenvalue weighted by atomic mass is 10.2. The van der Waals surface area contributed by atoms with Crippen LogP contribution in [0.1, 0.15) is 5.56 Å². The molecule has 0 bridgehead atoms. The number of aryl methyl sites for hydroxylation is 1. The fraction of sp³-hybridized carbons (Fsp3) is 0.273. The maximum Gasteiger partial charge on any atom is 0.573 e. The third kappa shape index (κ3) is 5.09. The minimum atomic E-state index is -4.79. The molecule has 0 aromatic heterocycles. The molecule has 19 heavy (non-hydrogen) atoms. The predicted molar refractivity (Wildman–Crippen MR) is 67.2 cm³/mol. The average Bonchev–Trinajstić information content (AvgIpc) is 2.30. The van der Waals surface area contributed by atoms with E-state index in [1.807, 2.05) is 0 Å². The Bertz CT molecular complexity index is 523. The molecule has 0 spiro atoms. The minimum Gasteiger partial charge on any atom is -0.403 e. The highest BCUT2D eigenvalue weighted by Crippen LogP contribution is 2.33. The Hall–Kier alpha value is -1.88. The molecule has 0 unspecified atom stereocenters. The first kappa shape index (κ1) is 15.2. The van der Waals surface area contributed by atoms with Crippen LogP contribution >= 0.6 is 11.8 Å². The van der Waals surface area contributed by atoms with Gasteiger partial charge in [-0.15, -0.1) is 13.2 Å². The second-order valence-corrected chi connectivity index (χ2v) is 4.17. The SMILES string of the molecule is CSC(=Nc1cc(C)ccc1OC(F)(F)F)NC#N. The number of halogens is 3. The number of thioether (sulfide) groups is 1. The Labute approximate surface area is 112 Å². The fourth-order valence-corrected chi connectivity index (χ4v) is 1.54. The number of benzene rings is 1. The number of aliphatic imine (C=N–C) groups is 1. The summed E-state index contributed by atoms with van der Waals surface area (Å²) < 4.78 is 40.6. The summed E-state index contributed by atoms with van der Waals surface area (Å²) in [4.78, 5) is 3.93. The van der Waals surface area contributed by atoms with Gasteiger partial charge in [-0.2, -0.15) is 5.26 Å². The largest absolute Gasteiger partial charge is 0.573 e. The van der Waals surface area contributed by atoms with Crippen molar-refractivity contribution in [2.75, 3.05) is 6.26 Å². The summed E-state index contributed by atoms with van der Waals surface area (Å²) in [5.74, 6) is -0.413. The summed E-state index contributed by atoms with van der Waals surface area (Å²) in [5, 5.41) is 10.9. The molecule has 1 N–H and O–H groups in total. The summed E-state index contributed by atoms with van der Waals surface area (Å²) in [6.07, 6.45) is -1.49. The van der Waals surface area contributed by atoms with Crippen molar-refractivity contribution in [3.05, 3.63) is 23.8 Å². The van der Waals surface area contributed by atoms with Crippen molar-refractivity contribution >= 4 is 22.6 Å². The van der Waals surface area contributed by atoms with Crippen molar-refractivity contribution < 1.29 is 17.9 Å². The van der Waals surface area contributed by atoms with E-state index in [0.717, 1.165) is 17.3 Å². The lowest BCUT2D eigenvalue weighted by Gasteiger charge is -2.12. The second kappa shape index (κ2) is 6.33. The Morgan fingerprint density at radius 3 is 2.68 bits per heavy atom. The number of ether oxygens (including phenoxy) is 1. The second-order valence-electron chi connectivity index (χ2n) is 3.38. The van der Waals surface area contributed by atoms with Gasteiger partial charge in [0.05, 0.1) is 0 Å². The van der Waals surface area contributed by atoms with Crippen LogP contribution in [0.25, 0.3) is 0 Å².